The molecule has 34 heavy (non-hydrogen) atoms. The van der Waals surface area contributed by atoms with E-state index in [0.29, 0.717) is 17.7 Å². The lowest BCUT2D eigenvalue weighted by Crippen LogP contribution is -2.59. The molecular weight excluding hydrogens is 449 g/mol. The molecule has 11 heteroatoms. The molecule has 0 aliphatic carbocycles. The van der Waals surface area contributed by atoms with Crippen molar-refractivity contribution in [3.63, 3.8) is 0 Å². The van der Waals surface area contributed by atoms with E-state index in [2.05, 4.69) is 15.2 Å². The molecule has 176 valence electrons. The number of pyridine rings is 1. The SMILES string of the molecule is Cc1cnn(C)c1-c1ccc(F)c(OC2CN(C(=O)N3N=CC[C@H]3c3cc(F)cc(F)c3)C2)n1. The summed E-state index contributed by atoms with van der Waals surface area (Å²) < 4.78 is 49.0. The number of carbonyl (C=O) groups is 1. The zero-order valence-electron chi connectivity index (χ0n) is 18.5. The first kappa shape index (κ1) is 21.9. The Morgan fingerprint density at radius 1 is 1.12 bits per heavy atom. The van der Waals surface area contributed by atoms with Crippen LogP contribution in [0.25, 0.3) is 11.4 Å². The first-order chi connectivity index (χ1) is 16.3. The van der Waals surface area contributed by atoms with Crippen molar-refractivity contribution in [1.82, 2.24) is 24.7 Å². The Morgan fingerprint density at radius 3 is 2.53 bits per heavy atom. The number of carbonyl (C=O) groups excluding carboxylic acids is 1. The number of urea groups is 1. The average molecular weight is 470 g/mol. The molecule has 0 saturated carbocycles. The van der Waals surface area contributed by atoms with Gasteiger partial charge in [0.25, 0.3) is 5.88 Å². The quantitative estimate of drug-likeness (QED) is 0.581. The molecule has 0 radical (unpaired) electrons. The van der Waals surface area contributed by atoms with Crippen LogP contribution < -0.4 is 4.74 Å². The van der Waals surface area contributed by atoms with Gasteiger partial charge in [0.1, 0.15) is 17.7 Å². The Balaban J connectivity index is 1.25. The summed E-state index contributed by atoms with van der Waals surface area (Å²) in [6, 6.07) is 4.98. The number of likely N-dealkylation sites (tertiary alicyclic amines) is 1. The molecular formula is C23H21F3N6O2. The fourth-order valence-electron chi connectivity index (χ4n) is 4.17. The predicted octanol–water partition coefficient (Wildman–Crippen LogP) is 3.82. The smallest absolute Gasteiger partial charge is 0.341 e. The number of hydrogen-bond acceptors (Lipinski definition) is 5. The lowest BCUT2D eigenvalue weighted by molar-refractivity contribution is 0.0231. The van der Waals surface area contributed by atoms with Gasteiger partial charge in [-0.3, -0.25) is 4.68 Å². The largest absolute Gasteiger partial charge is 0.468 e. The highest BCUT2D eigenvalue weighted by molar-refractivity contribution is 5.79. The van der Waals surface area contributed by atoms with E-state index >= 15 is 0 Å². The summed E-state index contributed by atoms with van der Waals surface area (Å²) in [4.78, 5) is 18.7. The van der Waals surface area contributed by atoms with E-state index < -0.39 is 35.6 Å². The molecule has 0 unspecified atom stereocenters. The van der Waals surface area contributed by atoms with Crippen LogP contribution in [0.4, 0.5) is 18.0 Å². The fraction of sp³-hybridized carbons (Fsp3) is 0.304. The highest BCUT2D eigenvalue weighted by Gasteiger charge is 2.39. The maximum atomic E-state index is 14.4. The van der Waals surface area contributed by atoms with Crippen LogP contribution in [0.15, 0.2) is 41.6 Å². The van der Waals surface area contributed by atoms with Gasteiger partial charge in [0.05, 0.1) is 36.7 Å². The van der Waals surface area contributed by atoms with Crippen molar-refractivity contribution >= 4 is 12.2 Å². The van der Waals surface area contributed by atoms with Gasteiger partial charge in [-0.25, -0.2) is 28.0 Å². The van der Waals surface area contributed by atoms with Crippen LogP contribution in [-0.2, 0) is 7.05 Å². The summed E-state index contributed by atoms with van der Waals surface area (Å²) in [5.74, 6) is -2.19. The van der Waals surface area contributed by atoms with Gasteiger partial charge in [0, 0.05) is 25.7 Å². The second-order valence-electron chi connectivity index (χ2n) is 8.31. The van der Waals surface area contributed by atoms with Gasteiger partial charge in [-0.15, -0.1) is 0 Å². The number of ether oxygens (including phenoxy) is 1. The highest BCUT2D eigenvalue weighted by Crippen LogP contribution is 2.32. The van der Waals surface area contributed by atoms with Crippen molar-refractivity contribution in [3.8, 4) is 17.3 Å². The molecule has 0 spiro atoms. The van der Waals surface area contributed by atoms with E-state index in [1.54, 1.807) is 24.0 Å². The van der Waals surface area contributed by atoms with Crippen molar-refractivity contribution in [2.45, 2.75) is 25.5 Å². The minimum Gasteiger partial charge on any atom is -0.468 e. The Bertz CT molecular complexity index is 1250. The van der Waals surface area contributed by atoms with Crippen molar-refractivity contribution in [3.05, 3.63) is 65.1 Å². The van der Waals surface area contributed by atoms with Gasteiger partial charge in [-0.1, -0.05) is 0 Å². The van der Waals surface area contributed by atoms with E-state index in [0.717, 1.165) is 17.3 Å². The summed E-state index contributed by atoms with van der Waals surface area (Å²) in [5.41, 5.74) is 2.50. The van der Waals surface area contributed by atoms with Gasteiger partial charge in [-0.05, 0) is 42.3 Å². The molecule has 1 atom stereocenters. The number of nitrogens with zero attached hydrogens (tertiary/aromatic N) is 6. The van der Waals surface area contributed by atoms with Gasteiger partial charge >= 0.3 is 6.03 Å². The molecule has 2 aliphatic rings. The van der Waals surface area contributed by atoms with Crippen LogP contribution in [0.1, 0.15) is 23.6 Å². The van der Waals surface area contributed by atoms with Gasteiger partial charge in [-0.2, -0.15) is 10.2 Å². The molecule has 3 aromatic rings. The van der Waals surface area contributed by atoms with Crippen molar-refractivity contribution in [2.24, 2.45) is 12.1 Å². The van der Waals surface area contributed by atoms with E-state index in [1.807, 2.05) is 6.92 Å². The number of amides is 2. The molecule has 2 aliphatic heterocycles. The van der Waals surface area contributed by atoms with Crippen LogP contribution >= 0.6 is 0 Å². The summed E-state index contributed by atoms with van der Waals surface area (Å²) in [5, 5.41) is 9.47. The molecule has 5 rings (SSSR count). The third-order valence-electron chi connectivity index (χ3n) is 5.87. The number of benzene rings is 1. The first-order valence-corrected chi connectivity index (χ1v) is 10.7. The Kier molecular flexibility index (Phi) is 5.46. The zero-order valence-corrected chi connectivity index (χ0v) is 18.5. The Hall–Kier alpha value is -3.89. The molecule has 0 bridgehead atoms. The van der Waals surface area contributed by atoms with Gasteiger partial charge in [0.2, 0.25) is 0 Å². The maximum Gasteiger partial charge on any atom is 0.341 e. The number of rotatable bonds is 4. The fourth-order valence-corrected chi connectivity index (χ4v) is 4.17. The van der Waals surface area contributed by atoms with E-state index in [1.165, 1.54) is 34.3 Å². The Morgan fingerprint density at radius 2 is 1.85 bits per heavy atom. The van der Waals surface area contributed by atoms with E-state index in [9.17, 15) is 18.0 Å². The van der Waals surface area contributed by atoms with Crippen molar-refractivity contribution < 1.29 is 22.7 Å². The second kappa shape index (κ2) is 8.47. The molecule has 1 saturated heterocycles. The molecule has 2 aromatic heterocycles. The summed E-state index contributed by atoms with van der Waals surface area (Å²) in [6.07, 6.45) is 3.12. The van der Waals surface area contributed by atoms with Crippen LogP contribution in [0.5, 0.6) is 5.88 Å². The van der Waals surface area contributed by atoms with Gasteiger partial charge < -0.3 is 9.64 Å². The van der Waals surface area contributed by atoms with Crippen molar-refractivity contribution in [2.75, 3.05) is 13.1 Å². The third-order valence-corrected chi connectivity index (χ3v) is 5.87. The van der Waals surface area contributed by atoms with Crippen LogP contribution in [0.3, 0.4) is 0 Å². The number of aryl methyl sites for hydroxylation is 2. The van der Waals surface area contributed by atoms with Crippen LogP contribution in [0.2, 0.25) is 0 Å². The van der Waals surface area contributed by atoms with Crippen molar-refractivity contribution in [1.29, 1.82) is 0 Å². The molecule has 4 heterocycles. The number of aromatic nitrogens is 3. The number of halogens is 3. The average Bonchev–Trinajstić information content (AvgIpc) is 3.37. The van der Waals surface area contributed by atoms with Crippen LogP contribution in [-0.4, -0.2) is 56.1 Å². The number of hydrogen-bond donors (Lipinski definition) is 0. The standard InChI is InChI=1S/C23H21F3N6O2/c1-13-10-28-30(2)21(13)19-4-3-18(26)22(29-19)34-17-11-31(12-17)23(33)32-20(5-6-27-32)14-7-15(24)9-16(25)8-14/h3-4,6-10,17,20H,5,11-12H2,1-2H3/t20-/m0/s1. The van der Waals surface area contributed by atoms with Crippen LogP contribution in [0, 0.1) is 24.4 Å². The molecule has 8 nitrogen and oxygen atoms in total. The highest BCUT2D eigenvalue weighted by atomic mass is 19.1. The molecule has 1 fully saturated rings. The molecule has 1 aromatic carbocycles. The topological polar surface area (TPSA) is 75.8 Å². The van der Waals surface area contributed by atoms with E-state index in [4.69, 9.17) is 4.74 Å². The van der Waals surface area contributed by atoms with Gasteiger partial charge in [0.15, 0.2) is 5.82 Å². The normalized spacial score (nSPS) is 17.9. The van der Waals surface area contributed by atoms with E-state index in [-0.39, 0.29) is 19.0 Å². The minimum atomic E-state index is -0.718. The maximum absolute atomic E-state index is 14.4. The predicted molar refractivity (Wildman–Crippen MR) is 117 cm³/mol. The summed E-state index contributed by atoms with van der Waals surface area (Å²) >= 11 is 0. The molecule has 2 amide bonds. The molecule has 0 N–H and O–H groups in total. The summed E-state index contributed by atoms with van der Waals surface area (Å²) in [7, 11) is 1.77. The lowest BCUT2D eigenvalue weighted by atomic mass is 10.0. The second-order valence-corrected chi connectivity index (χ2v) is 8.31. The minimum absolute atomic E-state index is 0.150. The number of hydrazone groups is 1. The summed E-state index contributed by atoms with van der Waals surface area (Å²) in [6.45, 7) is 2.28. The monoisotopic (exact) mass is 470 g/mol. The lowest BCUT2D eigenvalue weighted by Gasteiger charge is -2.40. The first-order valence-electron chi connectivity index (χ1n) is 10.7. The third kappa shape index (κ3) is 3.97. The zero-order chi connectivity index (χ0) is 24.0. The Labute approximate surface area is 193 Å².